The van der Waals surface area contributed by atoms with Crippen LogP contribution in [-0.2, 0) is 11.3 Å². The van der Waals surface area contributed by atoms with Crippen LogP contribution >= 0.6 is 23.2 Å². The second kappa shape index (κ2) is 6.22. The Balaban J connectivity index is 2.18. The van der Waals surface area contributed by atoms with Crippen LogP contribution in [0.25, 0.3) is 0 Å². The van der Waals surface area contributed by atoms with E-state index in [4.69, 9.17) is 33.7 Å². The monoisotopic (exact) mass is 288 g/mol. The number of ether oxygens (including phenoxy) is 1. The number of benzene rings is 1. The van der Waals surface area contributed by atoms with Crippen LogP contribution < -0.4 is 5.73 Å². The number of methoxy groups -OCH3 is 1. The van der Waals surface area contributed by atoms with Crippen LogP contribution in [0.2, 0.25) is 10.0 Å². The van der Waals surface area contributed by atoms with E-state index >= 15 is 0 Å². The zero-order chi connectivity index (χ0) is 13.1. The first-order valence-electron chi connectivity index (χ1n) is 6.08. The largest absolute Gasteiger partial charge is 0.385 e. The fourth-order valence-corrected chi connectivity index (χ4v) is 3.23. The maximum atomic E-state index is 6.28. The number of hydrogen-bond acceptors (Lipinski definition) is 3. The molecule has 1 unspecified atom stereocenters. The number of fused-ring (bicyclic) bond motifs is 1. The van der Waals surface area contributed by atoms with E-state index < -0.39 is 0 Å². The van der Waals surface area contributed by atoms with Gasteiger partial charge in [-0.3, -0.25) is 4.90 Å². The van der Waals surface area contributed by atoms with E-state index in [1.165, 1.54) is 5.56 Å². The molecule has 0 aliphatic carbocycles. The maximum Gasteiger partial charge on any atom is 0.0492 e. The fourth-order valence-electron chi connectivity index (χ4n) is 2.57. The Kier molecular flexibility index (Phi) is 4.87. The van der Waals surface area contributed by atoms with Crippen molar-refractivity contribution >= 4 is 23.2 Å². The molecule has 2 rings (SSSR count). The molecule has 3 nitrogen and oxygen atoms in total. The molecular formula is C13H18Cl2N2O. The molecule has 1 aromatic rings. The molecule has 0 saturated carbocycles. The number of halogens is 2. The lowest BCUT2D eigenvalue weighted by molar-refractivity contribution is 0.156. The fraction of sp³-hybridized carbons (Fsp3) is 0.538. The van der Waals surface area contributed by atoms with Gasteiger partial charge in [-0.25, -0.2) is 0 Å². The van der Waals surface area contributed by atoms with Gasteiger partial charge in [0.15, 0.2) is 0 Å². The average molecular weight is 289 g/mol. The summed E-state index contributed by atoms with van der Waals surface area (Å²) >= 11 is 12.3. The van der Waals surface area contributed by atoms with E-state index in [9.17, 15) is 0 Å². The van der Waals surface area contributed by atoms with Gasteiger partial charge >= 0.3 is 0 Å². The highest BCUT2D eigenvalue weighted by Gasteiger charge is 2.31. The van der Waals surface area contributed by atoms with Gasteiger partial charge in [0, 0.05) is 49.4 Å². The van der Waals surface area contributed by atoms with Crippen molar-refractivity contribution in [1.29, 1.82) is 0 Å². The summed E-state index contributed by atoms with van der Waals surface area (Å²) in [5.74, 6) is 0. The Labute approximate surface area is 118 Å². The molecule has 1 atom stereocenters. The zero-order valence-corrected chi connectivity index (χ0v) is 12.0. The minimum atomic E-state index is 0.196. The van der Waals surface area contributed by atoms with Crippen LogP contribution in [0.5, 0.6) is 0 Å². The van der Waals surface area contributed by atoms with Crippen LogP contribution in [-0.4, -0.2) is 31.7 Å². The van der Waals surface area contributed by atoms with Crippen molar-refractivity contribution in [1.82, 2.24) is 4.90 Å². The van der Waals surface area contributed by atoms with Crippen LogP contribution in [0, 0.1) is 0 Å². The van der Waals surface area contributed by atoms with Crippen molar-refractivity contribution in [3.05, 3.63) is 33.3 Å². The molecule has 100 valence electrons. The van der Waals surface area contributed by atoms with Crippen molar-refractivity contribution in [2.45, 2.75) is 19.0 Å². The predicted molar refractivity (Wildman–Crippen MR) is 75.2 cm³/mol. The molecule has 1 aliphatic heterocycles. The van der Waals surface area contributed by atoms with Gasteiger partial charge in [-0.2, -0.15) is 0 Å². The smallest absolute Gasteiger partial charge is 0.0492 e. The third-order valence-electron chi connectivity index (χ3n) is 3.34. The summed E-state index contributed by atoms with van der Waals surface area (Å²) in [6.07, 6.45) is 0.992. The number of nitrogens with two attached hydrogens (primary N) is 1. The first kappa shape index (κ1) is 14.1. The standard InChI is InChI=1S/C13H18Cl2N2O/c1-18-4-2-3-17-8-9-5-10(14)6-11(15)13(9)12(17)7-16/h5-6,12H,2-4,7-8,16H2,1H3. The highest BCUT2D eigenvalue weighted by molar-refractivity contribution is 6.35. The SMILES string of the molecule is COCCCN1Cc2cc(Cl)cc(Cl)c2C1CN. The molecule has 0 amide bonds. The number of rotatable bonds is 5. The van der Waals surface area contributed by atoms with E-state index in [0.29, 0.717) is 11.6 Å². The molecule has 1 aromatic carbocycles. The van der Waals surface area contributed by atoms with E-state index in [1.54, 1.807) is 13.2 Å². The summed E-state index contributed by atoms with van der Waals surface area (Å²) in [6, 6.07) is 3.98. The quantitative estimate of drug-likeness (QED) is 0.847. The van der Waals surface area contributed by atoms with Gasteiger partial charge in [0.2, 0.25) is 0 Å². The summed E-state index contributed by atoms with van der Waals surface area (Å²) in [5, 5.41) is 1.41. The van der Waals surface area contributed by atoms with E-state index in [0.717, 1.165) is 36.7 Å². The third-order valence-corrected chi connectivity index (χ3v) is 3.88. The summed E-state index contributed by atoms with van der Waals surface area (Å²) < 4.78 is 5.09. The molecule has 18 heavy (non-hydrogen) atoms. The van der Waals surface area contributed by atoms with Gasteiger partial charge < -0.3 is 10.5 Å². The molecule has 1 aliphatic rings. The van der Waals surface area contributed by atoms with Gasteiger partial charge in [0.25, 0.3) is 0 Å². The lowest BCUT2D eigenvalue weighted by atomic mass is 10.0. The van der Waals surface area contributed by atoms with Crippen LogP contribution in [0.1, 0.15) is 23.6 Å². The molecular weight excluding hydrogens is 271 g/mol. The minimum Gasteiger partial charge on any atom is -0.385 e. The van der Waals surface area contributed by atoms with Crippen molar-refractivity contribution in [2.75, 3.05) is 26.8 Å². The molecule has 1 heterocycles. The summed E-state index contributed by atoms with van der Waals surface area (Å²) in [4.78, 5) is 2.34. The second-order valence-corrected chi connectivity index (χ2v) is 5.37. The minimum absolute atomic E-state index is 0.196. The third kappa shape index (κ3) is 2.81. The normalized spacial score (nSPS) is 19.2. The Morgan fingerprint density at radius 1 is 1.44 bits per heavy atom. The molecule has 2 N–H and O–H groups in total. The van der Waals surface area contributed by atoms with E-state index in [2.05, 4.69) is 4.90 Å². The van der Waals surface area contributed by atoms with Crippen molar-refractivity contribution in [3.63, 3.8) is 0 Å². The van der Waals surface area contributed by atoms with Gasteiger partial charge in [-0.05, 0) is 29.7 Å². The summed E-state index contributed by atoms with van der Waals surface area (Å²) in [7, 11) is 1.72. The number of nitrogens with zero attached hydrogens (tertiary/aromatic N) is 1. The second-order valence-electron chi connectivity index (χ2n) is 4.53. The highest BCUT2D eigenvalue weighted by Crippen LogP contribution is 2.39. The Morgan fingerprint density at radius 2 is 2.22 bits per heavy atom. The molecule has 0 spiro atoms. The van der Waals surface area contributed by atoms with Crippen LogP contribution in [0.15, 0.2) is 12.1 Å². The number of hydrogen-bond donors (Lipinski definition) is 1. The topological polar surface area (TPSA) is 38.5 Å². The summed E-state index contributed by atoms with van der Waals surface area (Å²) in [5.41, 5.74) is 8.22. The molecule has 0 aromatic heterocycles. The van der Waals surface area contributed by atoms with E-state index in [-0.39, 0.29) is 6.04 Å². The molecule has 5 heteroatoms. The molecule has 0 fully saturated rings. The maximum absolute atomic E-state index is 6.28. The predicted octanol–water partition coefficient (Wildman–Crippen LogP) is 2.85. The lowest BCUT2D eigenvalue weighted by Gasteiger charge is -2.23. The Morgan fingerprint density at radius 3 is 2.89 bits per heavy atom. The molecule has 0 bridgehead atoms. The van der Waals surface area contributed by atoms with Gasteiger partial charge in [-0.15, -0.1) is 0 Å². The first-order valence-corrected chi connectivity index (χ1v) is 6.83. The van der Waals surface area contributed by atoms with Crippen molar-refractivity contribution < 1.29 is 4.74 Å². The summed E-state index contributed by atoms with van der Waals surface area (Å²) in [6.45, 7) is 3.15. The zero-order valence-electron chi connectivity index (χ0n) is 10.5. The Hall–Kier alpha value is -0.320. The first-order chi connectivity index (χ1) is 8.67. The van der Waals surface area contributed by atoms with Crippen molar-refractivity contribution in [2.24, 2.45) is 5.73 Å². The highest BCUT2D eigenvalue weighted by atomic mass is 35.5. The van der Waals surface area contributed by atoms with Gasteiger partial charge in [0.1, 0.15) is 0 Å². The van der Waals surface area contributed by atoms with Crippen LogP contribution in [0.4, 0.5) is 0 Å². The van der Waals surface area contributed by atoms with E-state index in [1.807, 2.05) is 6.07 Å². The molecule has 0 radical (unpaired) electrons. The molecule has 0 saturated heterocycles. The van der Waals surface area contributed by atoms with Gasteiger partial charge in [0.05, 0.1) is 0 Å². The van der Waals surface area contributed by atoms with Crippen LogP contribution in [0.3, 0.4) is 0 Å². The van der Waals surface area contributed by atoms with Gasteiger partial charge in [-0.1, -0.05) is 23.2 Å². The lowest BCUT2D eigenvalue weighted by Crippen LogP contribution is -2.29. The Bertz CT molecular complexity index is 426. The van der Waals surface area contributed by atoms with Crippen molar-refractivity contribution in [3.8, 4) is 0 Å². The average Bonchev–Trinajstić information content (AvgIpc) is 2.67.